The summed E-state index contributed by atoms with van der Waals surface area (Å²) in [7, 11) is 1.79. The predicted octanol–water partition coefficient (Wildman–Crippen LogP) is 6.34. The average Bonchev–Trinajstić information content (AvgIpc) is 3.66. The van der Waals surface area contributed by atoms with Crippen LogP contribution in [-0.2, 0) is 4.74 Å². The first-order valence-corrected chi connectivity index (χ1v) is 12.8. The molecule has 2 aliphatic carbocycles. The summed E-state index contributed by atoms with van der Waals surface area (Å²) in [5, 5.41) is 13.8. The van der Waals surface area contributed by atoms with E-state index >= 15 is 0 Å². The van der Waals surface area contributed by atoms with Crippen molar-refractivity contribution in [3.8, 4) is 17.3 Å². The molecule has 0 aliphatic heterocycles. The number of ether oxygens (including phenoxy) is 1. The summed E-state index contributed by atoms with van der Waals surface area (Å²) >= 11 is 0. The molecule has 1 aromatic heterocycles. The Balaban J connectivity index is 1.50. The van der Waals surface area contributed by atoms with Crippen molar-refractivity contribution in [1.29, 1.82) is 5.26 Å². The molecule has 2 fully saturated rings. The minimum atomic E-state index is -0.447. The third-order valence-corrected chi connectivity index (χ3v) is 7.61. The number of nitrogens with one attached hydrogen (secondary N) is 1. The van der Waals surface area contributed by atoms with Crippen molar-refractivity contribution < 1.29 is 14.3 Å². The third kappa shape index (κ3) is 4.44. The normalized spacial score (nSPS) is 16.2. The minimum absolute atomic E-state index is 0.0286. The molecule has 1 atom stereocenters. The Morgan fingerprint density at radius 3 is 2.47 bits per heavy atom. The molecule has 0 spiro atoms. The molecule has 0 saturated heterocycles. The highest BCUT2D eigenvalue weighted by molar-refractivity contribution is 6.01. The summed E-state index contributed by atoms with van der Waals surface area (Å²) in [5.41, 5.74) is 4.56. The Morgan fingerprint density at radius 1 is 1.17 bits per heavy atom. The van der Waals surface area contributed by atoms with Crippen molar-refractivity contribution in [3.05, 3.63) is 53.6 Å². The van der Waals surface area contributed by atoms with Crippen LogP contribution in [0.4, 0.5) is 10.5 Å². The summed E-state index contributed by atoms with van der Waals surface area (Å²) in [6.07, 6.45) is 4.94. The molecule has 0 unspecified atom stereocenters. The lowest BCUT2D eigenvalue weighted by molar-refractivity contribution is 0.0802. The van der Waals surface area contributed by atoms with Crippen LogP contribution < -0.4 is 5.32 Å². The van der Waals surface area contributed by atoms with Crippen molar-refractivity contribution in [1.82, 2.24) is 9.47 Å². The van der Waals surface area contributed by atoms with Gasteiger partial charge in [-0.25, -0.2) is 4.79 Å². The van der Waals surface area contributed by atoms with Gasteiger partial charge in [0, 0.05) is 36.3 Å². The number of aromatic nitrogens is 1. The van der Waals surface area contributed by atoms with E-state index in [0.29, 0.717) is 29.3 Å². The number of nitrogens with zero attached hydrogens (tertiary/aromatic N) is 3. The van der Waals surface area contributed by atoms with Crippen molar-refractivity contribution >= 4 is 28.6 Å². The second-order valence-electron chi connectivity index (χ2n) is 9.99. The first kappa shape index (κ1) is 23.9. The van der Waals surface area contributed by atoms with Crippen LogP contribution in [0.15, 0.2) is 42.5 Å². The van der Waals surface area contributed by atoms with Gasteiger partial charge in [0.1, 0.15) is 12.2 Å². The summed E-state index contributed by atoms with van der Waals surface area (Å²) in [5.74, 6) is 0.452. The summed E-state index contributed by atoms with van der Waals surface area (Å²) in [6, 6.07) is 15.9. The number of benzene rings is 2. The minimum Gasteiger partial charge on any atom is -0.446 e. The Kier molecular flexibility index (Phi) is 6.44. The fourth-order valence-electron chi connectivity index (χ4n) is 4.92. The summed E-state index contributed by atoms with van der Waals surface area (Å²) in [6.45, 7) is 4.51. The third-order valence-electron chi connectivity index (χ3n) is 7.61. The van der Waals surface area contributed by atoms with E-state index in [-0.39, 0.29) is 18.1 Å². The Bertz CT molecular complexity index is 1340. The SMILES string of the molecule is CCN(C)C(=O)c1ccc2c(C#N)c(-c3ccc(NC(=O)O[C@H](C)C4CC4)cc3)n(C3CCC3)c2c1. The number of fused-ring (bicyclic) bond motifs is 1. The average molecular weight is 485 g/mol. The molecule has 7 heteroatoms. The monoisotopic (exact) mass is 484 g/mol. The van der Waals surface area contributed by atoms with Gasteiger partial charge >= 0.3 is 6.09 Å². The van der Waals surface area contributed by atoms with Crippen LogP contribution in [0.1, 0.15) is 67.9 Å². The van der Waals surface area contributed by atoms with Gasteiger partial charge in [0.05, 0.1) is 16.8 Å². The molecule has 1 N–H and O–H groups in total. The molecule has 2 saturated carbocycles. The zero-order valence-electron chi connectivity index (χ0n) is 21.1. The van der Waals surface area contributed by atoms with Crippen LogP contribution in [0.5, 0.6) is 0 Å². The Hall–Kier alpha value is -3.79. The highest BCUT2D eigenvalue weighted by Crippen LogP contribution is 2.43. The number of hydrogen-bond acceptors (Lipinski definition) is 4. The molecule has 5 rings (SSSR count). The Labute approximate surface area is 211 Å². The van der Waals surface area contributed by atoms with Gasteiger partial charge in [-0.05, 0) is 81.7 Å². The smallest absolute Gasteiger partial charge is 0.411 e. The van der Waals surface area contributed by atoms with E-state index in [0.717, 1.165) is 54.3 Å². The van der Waals surface area contributed by atoms with Gasteiger partial charge in [-0.3, -0.25) is 10.1 Å². The van der Waals surface area contributed by atoms with Crippen LogP contribution in [-0.4, -0.2) is 41.2 Å². The lowest BCUT2D eigenvalue weighted by atomic mass is 9.92. The van der Waals surface area contributed by atoms with Gasteiger partial charge < -0.3 is 14.2 Å². The van der Waals surface area contributed by atoms with E-state index in [1.54, 1.807) is 11.9 Å². The number of nitriles is 1. The lowest BCUT2D eigenvalue weighted by Gasteiger charge is -2.30. The Morgan fingerprint density at radius 2 is 1.89 bits per heavy atom. The molecule has 3 aromatic rings. The van der Waals surface area contributed by atoms with Crippen molar-refractivity contribution in [2.24, 2.45) is 5.92 Å². The fraction of sp³-hybridized carbons (Fsp3) is 0.414. The van der Waals surface area contributed by atoms with Crippen molar-refractivity contribution in [3.63, 3.8) is 0 Å². The largest absolute Gasteiger partial charge is 0.446 e. The molecule has 186 valence electrons. The van der Waals surface area contributed by atoms with Crippen LogP contribution in [0.2, 0.25) is 0 Å². The number of carbonyl (C=O) groups excluding carboxylic acids is 2. The number of anilines is 1. The molecular formula is C29H32N4O3. The van der Waals surface area contributed by atoms with E-state index in [1.165, 1.54) is 0 Å². The van der Waals surface area contributed by atoms with E-state index in [4.69, 9.17) is 4.74 Å². The predicted molar refractivity (Wildman–Crippen MR) is 140 cm³/mol. The van der Waals surface area contributed by atoms with Crippen LogP contribution >= 0.6 is 0 Å². The van der Waals surface area contributed by atoms with Crippen molar-refractivity contribution in [2.45, 2.75) is 58.1 Å². The molecule has 0 bridgehead atoms. The standard InChI is InChI=1S/C29H32N4O3/c1-4-32(3)28(34)21-12-15-24-25(17-30)27(33(26(24)16-21)23-6-5-7-23)20-10-13-22(14-11-20)31-29(35)36-18(2)19-8-9-19/h10-16,18-19,23H,4-9H2,1-3H3,(H,31,35)/t18-/m1/s1. The lowest BCUT2D eigenvalue weighted by Crippen LogP contribution is -2.26. The molecule has 2 amide bonds. The zero-order valence-corrected chi connectivity index (χ0v) is 21.1. The topological polar surface area (TPSA) is 87.4 Å². The van der Waals surface area contributed by atoms with Gasteiger partial charge in [-0.1, -0.05) is 18.2 Å². The fourth-order valence-corrected chi connectivity index (χ4v) is 4.92. The van der Waals surface area contributed by atoms with E-state index < -0.39 is 6.09 Å². The highest BCUT2D eigenvalue weighted by Gasteiger charge is 2.31. The molecule has 1 heterocycles. The molecular weight excluding hydrogens is 452 g/mol. The number of carbonyl (C=O) groups is 2. The summed E-state index contributed by atoms with van der Waals surface area (Å²) < 4.78 is 7.71. The number of hydrogen-bond donors (Lipinski definition) is 1. The molecule has 36 heavy (non-hydrogen) atoms. The highest BCUT2D eigenvalue weighted by atomic mass is 16.6. The number of rotatable bonds is 7. The maximum absolute atomic E-state index is 12.9. The van der Waals surface area contributed by atoms with E-state index in [9.17, 15) is 14.9 Å². The van der Waals surface area contributed by atoms with E-state index in [1.807, 2.05) is 56.3 Å². The molecule has 2 aliphatic rings. The van der Waals surface area contributed by atoms with Gasteiger partial charge in [0.25, 0.3) is 5.91 Å². The first-order valence-electron chi connectivity index (χ1n) is 12.8. The van der Waals surface area contributed by atoms with Crippen molar-refractivity contribution in [2.75, 3.05) is 18.9 Å². The maximum atomic E-state index is 12.9. The molecule has 2 aromatic carbocycles. The van der Waals surface area contributed by atoms with Gasteiger partial charge in [0.15, 0.2) is 0 Å². The van der Waals surface area contributed by atoms with Crippen LogP contribution in [0.25, 0.3) is 22.2 Å². The second-order valence-corrected chi connectivity index (χ2v) is 9.99. The quantitative estimate of drug-likeness (QED) is 0.424. The van der Waals surface area contributed by atoms with Crippen LogP contribution in [0, 0.1) is 17.2 Å². The summed E-state index contributed by atoms with van der Waals surface area (Å²) in [4.78, 5) is 26.8. The van der Waals surface area contributed by atoms with Gasteiger partial charge in [-0.2, -0.15) is 5.26 Å². The van der Waals surface area contributed by atoms with Gasteiger partial charge in [0.2, 0.25) is 0 Å². The first-order chi connectivity index (χ1) is 17.4. The molecule has 0 radical (unpaired) electrons. The van der Waals surface area contributed by atoms with Gasteiger partial charge in [-0.15, -0.1) is 0 Å². The zero-order chi connectivity index (χ0) is 25.4. The second kappa shape index (κ2) is 9.69. The van der Waals surface area contributed by atoms with E-state index in [2.05, 4.69) is 16.0 Å². The molecule has 7 nitrogen and oxygen atoms in total. The maximum Gasteiger partial charge on any atom is 0.411 e. The van der Waals surface area contributed by atoms with Crippen LogP contribution in [0.3, 0.4) is 0 Å². The number of amides is 2.